The predicted molar refractivity (Wildman–Crippen MR) is 64.5 cm³/mol. The van der Waals surface area contributed by atoms with Crippen molar-refractivity contribution in [1.29, 1.82) is 0 Å². The number of likely N-dealkylation sites (tertiary alicyclic amines) is 1. The molecule has 98 valence electrons. The first-order valence-corrected chi connectivity index (χ1v) is 6.52. The number of carboxylic acids is 1. The second kappa shape index (κ2) is 4.35. The molecule has 1 N–H and O–H groups in total. The summed E-state index contributed by atoms with van der Waals surface area (Å²) in [7, 11) is 2.09. The fraction of sp³-hybridized carbons (Fsp3) is 0.750. The summed E-state index contributed by atoms with van der Waals surface area (Å²) in [4.78, 5) is 18.0. The van der Waals surface area contributed by atoms with Gasteiger partial charge in [-0.05, 0) is 32.9 Å². The molecule has 2 aliphatic heterocycles. The molecule has 0 amide bonds. The minimum atomic E-state index is -0.795. The van der Waals surface area contributed by atoms with E-state index in [2.05, 4.69) is 22.0 Å². The summed E-state index contributed by atoms with van der Waals surface area (Å²) in [5, 5.41) is 13.7. The summed E-state index contributed by atoms with van der Waals surface area (Å²) < 4.78 is 1.64. The number of hydrogen-bond acceptors (Lipinski definition) is 4. The summed E-state index contributed by atoms with van der Waals surface area (Å²) in [5.41, 5.74) is 0. The highest BCUT2D eigenvalue weighted by Gasteiger charge is 2.31. The van der Waals surface area contributed by atoms with E-state index >= 15 is 0 Å². The van der Waals surface area contributed by atoms with E-state index < -0.39 is 12.0 Å². The third-order valence-electron chi connectivity index (χ3n) is 3.93. The molecule has 1 aromatic heterocycles. The zero-order valence-electron chi connectivity index (χ0n) is 10.5. The molecule has 0 spiro atoms. The van der Waals surface area contributed by atoms with Gasteiger partial charge in [0.2, 0.25) is 0 Å². The van der Waals surface area contributed by atoms with Crippen molar-refractivity contribution in [3.63, 3.8) is 0 Å². The molecular formula is C12H18N4O2. The largest absolute Gasteiger partial charge is 0.480 e. The van der Waals surface area contributed by atoms with Crippen LogP contribution in [0.5, 0.6) is 0 Å². The fourth-order valence-electron chi connectivity index (χ4n) is 2.92. The molecule has 3 heterocycles. The van der Waals surface area contributed by atoms with E-state index in [0.29, 0.717) is 12.3 Å². The Morgan fingerprint density at radius 2 is 2.28 bits per heavy atom. The van der Waals surface area contributed by atoms with Crippen molar-refractivity contribution < 1.29 is 9.90 Å². The molecule has 6 heteroatoms. The molecule has 1 aromatic rings. The van der Waals surface area contributed by atoms with Crippen LogP contribution in [-0.4, -0.2) is 50.9 Å². The molecular weight excluding hydrogens is 232 g/mol. The van der Waals surface area contributed by atoms with Crippen LogP contribution >= 0.6 is 0 Å². The zero-order valence-corrected chi connectivity index (χ0v) is 10.5. The van der Waals surface area contributed by atoms with Gasteiger partial charge in [0.05, 0.1) is 0 Å². The molecule has 2 atom stereocenters. The van der Waals surface area contributed by atoms with Crippen molar-refractivity contribution in [2.75, 3.05) is 20.1 Å². The summed E-state index contributed by atoms with van der Waals surface area (Å²) in [6, 6.07) is -0.519. The van der Waals surface area contributed by atoms with Crippen molar-refractivity contribution in [2.45, 2.75) is 37.6 Å². The van der Waals surface area contributed by atoms with Gasteiger partial charge in [0.1, 0.15) is 5.82 Å². The topological polar surface area (TPSA) is 71.2 Å². The van der Waals surface area contributed by atoms with Gasteiger partial charge in [-0.15, -0.1) is 0 Å². The number of aromatic nitrogens is 3. The van der Waals surface area contributed by atoms with Crippen LogP contribution in [0, 0.1) is 0 Å². The first kappa shape index (κ1) is 11.6. The van der Waals surface area contributed by atoms with Crippen molar-refractivity contribution >= 4 is 5.97 Å². The number of fused-ring (bicyclic) bond motifs is 1. The Bertz CT molecular complexity index is 471. The summed E-state index contributed by atoms with van der Waals surface area (Å²) in [5.74, 6) is 1.25. The molecule has 2 unspecified atom stereocenters. The molecule has 0 saturated carbocycles. The van der Waals surface area contributed by atoms with Gasteiger partial charge in [0, 0.05) is 18.9 Å². The standard InChI is InChI=1S/C12H18N4O2/c1-15-6-5-8(7-15)11-13-10-4-2-3-9(12(17)18)16(10)14-11/h8-9H,2-7H2,1H3,(H,17,18). The SMILES string of the molecule is CN1CCC(c2nc3n(n2)C(C(=O)O)CCC3)C1. The van der Waals surface area contributed by atoms with Crippen molar-refractivity contribution in [2.24, 2.45) is 0 Å². The third kappa shape index (κ3) is 1.90. The van der Waals surface area contributed by atoms with E-state index in [9.17, 15) is 9.90 Å². The van der Waals surface area contributed by atoms with E-state index in [1.807, 2.05) is 0 Å². The van der Waals surface area contributed by atoms with Gasteiger partial charge in [-0.25, -0.2) is 14.5 Å². The molecule has 0 bridgehead atoms. The average molecular weight is 250 g/mol. The van der Waals surface area contributed by atoms with E-state index in [-0.39, 0.29) is 0 Å². The normalized spacial score (nSPS) is 28.3. The Morgan fingerprint density at radius 3 is 2.94 bits per heavy atom. The van der Waals surface area contributed by atoms with Crippen molar-refractivity contribution in [3.05, 3.63) is 11.6 Å². The number of rotatable bonds is 2. The predicted octanol–water partition coefficient (Wildman–Crippen LogP) is 0.659. The lowest BCUT2D eigenvalue weighted by Crippen LogP contribution is -2.26. The van der Waals surface area contributed by atoms with Crippen molar-refractivity contribution in [1.82, 2.24) is 19.7 Å². The number of nitrogens with zero attached hydrogens (tertiary/aromatic N) is 4. The van der Waals surface area contributed by atoms with Crippen molar-refractivity contribution in [3.8, 4) is 0 Å². The highest BCUT2D eigenvalue weighted by Crippen LogP contribution is 2.28. The van der Waals surface area contributed by atoms with Crippen LogP contribution in [0.4, 0.5) is 0 Å². The maximum absolute atomic E-state index is 11.2. The first-order chi connectivity index (χ1) is 8.65. The molecule has 0 radical (unpaired) electrons. The number of carbonyl (C=O) groups is 1. The number of aliphatic carboxylic acids is 1. The Balaban J connectivity index is 1.89. The molecule has 3 rings (SSSR count). The maximum Gasteiger partial charge on any atom is 0.328 e. The van der Waals surface area contributed by atoms with Crippen LogP contribution in [0.25, 0.3) is 0 Å². The van der Waals surface area contributed by atoms with E-state index in [4.69, 9.17) is 0 Å². The minimum absolute atomic E-state index is 0.363. The fourth-order valence-corrected chi connectivity index (χ4v) is 2.92. The average Bonchev–Trinajstić information content (AvgIpc) is 2.93. The molecule has 1 fully saturated rings. The van der Waals surface area contributed by atoms with Crippen LogP contribution in [0.15, 0.2) is 0 Å². The smallest absolute Gasteiger partial charge is 0.328 e. The molecule has 1 saturated heterocycles. The highest BCUT2D eigenvalue weighted by atomic mass is 16.4. The van der Waals surface area contributed by atoms with Gasteiger partial charge in [0.25, 0.3) is 0 Å². The molecule has 0 aromatic carbocycles. The van der Waals surface area contributed by atoms with Gasteiger partial charge in [-0.2, -0.15) is 5.10 Å². The number of likely N-dealkylation sites (N-methyl/N-ethyl adjacent to an activating group) is 1. The summed E-state index contributed by atoms with van der Waals surface area (Å²) in [6.07, 6.45) is 3.46. The third-order valence-corrected chi connectivity index (χ3v) is 3.93. The molecule has 6 nitrogen and oxygen atoms in total. The Morgan fingerprint density at radius 1 is 1.44 bits per heavy atom. The second-order valence-electron chi connectivity index (χ2n) is 5.32. The molecule has 2 aliphatic rings. The van der Waals surface area contributed by atoms with E-state index in [1.165, 1.54) is 0 Å². The van der Waals surface area contributed by atoms with Crippen LogP contribution in [0.3, 0.4) is 0 Å². The number of hydrogen-bond donors (Lipinski definition) is 1. The molecule has 18 heavy (non-hydrogen) atoms. The highest BCUT2D eigenvalue weighted by molar-refractivity contribution is 5.71. The second-order valence-corrected chi connectivity index (χ2v) is 5.32. The number of aryl methyl sites for hydroxylation is 1. The Labute approximate surface area is 106 Å². The van der Waals surface area contributed by atoms with Gasteiger partial charge in [-0.3, -0.25) is 0 Å². The molecule has 0 aliphatic carbocycles. The Kier molecular flexibility index (Phi) is 2.81. The van der Waals surface area contributed by atoms with Crippen LogP contribution in [0.1, 0.15) is 42.9 Å². The maximum atomic E-state index is 11.2. The lowest BCUT2D eigenvalue weighted by Gasteiger charge is -2.19. The van der Waals surface area contributed by atoms with E-state index in [0.717, 1.165) is 44.0 Å². The first-order valence-electron chi connectivity index (χ1n) is 6.52. The quantitative estimate of drug-likeness (QED) is 0.835. The van der Waals surface area contributed by atoms with Gasteiger partial charge in [-0.1, -0.05) is 0 Å². The Hall–Kier alpha value is -1.43. The minimum Gasteiger partial charge on any atom is -0.480 e. The van der Waals surface area contributed by atoms with Crippen LogP contribution < -0.4 is 0 Å². The van der Waals surface area contributed by atoms with Gasteiger partial charge >= 0.3 is 5.97 Å². The summed E-state index contributed by atoms with van der Waals surface area (Å²) >= 11 is 0. The van der Waals surface area contributed by atoms with Crippen LogP contribution in [0.2, 0.25) is 0 Å². The lowest BCUT2D eigenvalue weighted by molar-refractivity contribution is -0.141. The lowest BCUT2D eigenvalue weighted by atomic mass is 10.1. The van der Waals surface area contributed by atoms with Gasteiger partial charge in [0.15, 0.2) is 11.9 Å². The zero-order chi connectivity index (χ0) is 12.7. The van der Waals surface area contributed by atoms with E-state index in [1.54, 1.807) is 4.68 Å². The summed E-state index contributed by atoms with van der Waals surface area (Å²) in [6.45, 7) is 2.04. The monoisotopic (exact) mass is 250 g/mol. The van der Waals surface area contributed by atoms with Gasteiger partial charge < -0.3 is 10.0 Å². The number of carboxylic acid groups (broad SMARTS) is 1. The van der Waals surface area contributed by atoms with Crippen LogP contribution in [-0.2, 0) is 11.2 Å².